The monoisotopic (exact) mass is 306 g/mol. The fraction of sp³-hybridized carbons (Fsp3) is 0.529. The van der Waals surface area contributed by atoms with Gasteiger partial charge in [-0.05, 0) is 43.4 Å². The number of thiocarbonyl (C=S) groups is 1. The molecule has 0 aliphatic carbocycles. The number of hydrogen-bond donors (Lipinski definition) is 2. The number of carbonyl (C=O) groups excluding carboxylic acids is 1. The Balaban J connectivity index is 2.82. The molecule has 1 aromatic carbocycles. The van der Waals surface area contributed by atoms with E-state index < -0.39 is 0 Å². The summed E-state index contributed by atoms with van der Waals surface area (Å²) in [5.41, 5.74) is 7.06. The number of nitrogens with one attached hydrogen (secondary N) is 1. The number of nitrogens with two attached hydrogens (primary N) is 1. The van der Waals surface area contributed by atoms with Crippen LogP contribution in [0.3, 0.4) is 0 Å². The Kier molecular flexibility index (Phi) is 5.51. The van der Waals surface area contributed by atoms with Gasteiger partial charge in [-0.1, -0.05) is 45.1 Å². The van der Waals surface area contributed by atoms with Crippen LogP contribution in [0, 0.1) is 5.41 Å². The molecule has 1 amide bonds. The fourth-order valence-electron chi connectivity index (χ4n) is 2.77. The Morgan fingerprint density at radius 3 is 2.38 bits per heavy atom. The Hall–Kier alpha value is -1.42. The molecule has 0 saturated carbocycles. The summed E-state index contributed by atoms with van der Waals surface area (Å²) < 4.78 is 0. The molecule has 4 heteroatoms. The SMILES string of the molecule is CC(C)(C)CC(C)(C)NC(=O)c1cccc(CC(N)=S)c1. The third-order valence-corrected chi connectivity index (χ3v) is 3.14. The first-order valence-corrected chi connectivity index (χ1v) is 7.59. The summed E-state index contributed by atoms with van der Waals surface area (Å²) in [4.78, 5) is 12.8. The van der Waals surface area contributed by atoms with Crippen molar-refractivity contribution in [3.8, 4) is 0 Å². The molecule has 1 rings (SSSR count). The highest BCUT2D eigenvalue weighted by atomic mass is 32.1. The maximum absolute atomic E-state index is 12.4. The van der Waals surface area contributed by atoms with E-state index in [1.54, 1.807) is 0 Å². The first-order chi connectivity index (χ1) is 9.48. The molecule has 0 spiro atoms. The molecule has 0 aliphatic rings. The van der Waals surface area contributed by atoms with Gasteiger partial charge in [-0.3, -0.25) is 4.79 Å². The molecule has 0 aliphatic heterocycles. The maximum atomic E-state index is 12.4. The maximum Gasteiger partial charge on any atom is 0.251 e. The van der Waals surface area contributed by atoms with E-state index in [9.17, 15) is 4.79 Å². The summed E-state index contributed by atoms with van der Waals surface area (Å²) in [6.07, 6.45) is 1.42. The van der Waals surface area contributed by atoms with E-state index in [1.807, 2.05) is 24.3 Å². The molecular weight excluding hydrogens is 280 g/mol. The van der Waals surface area contributed by atoms with E-state index in [1.165, 1.54) is 0 Å². The molecule has 21 heavy (non-hydrogen) atoms. The largest absolute Gasteiger partial charge is 0.393 e. The van der Waals surface area contributed by atoms with Gasteiger partial charge in [0.2, 0.25) is 0 Å². The minimum absolute atomic E-state index is 0.0611. The van der Waals surface area contributed by atoms with Crippen LogP contribution in [0.4, 0.5) is 0 Å². The van der Waals surface area contributed by atoms with Crippen LogP contribution >= 0.6 is 12.2 Å². The number of hydrogen-bond acceptors (Lipinski definition) is 2. The zero-order valence-electron chi connectivity index (χ0n) is 13.6. The lowest BCUT2D eigenvalue weighted by Gasteiger charge is -2.33. The summed E-state index contributed by atoms with van der Waals surface area (Å²) in [7, 11) is 0. The minimum atomic E-state index is -0.255. The summed E-state index contributed by atoms with van der Waals surface area (Å²) in [6.45, 7) is 10.6. The van der Waals surface area contributed by atoms with Crippen molar-refractivity contribution in [2.45, 2.75) is 53.0 Å². The third-order valence-electron chi connectivity index (χ3n) is 2.99. The lowest BCUT2D eigenvalue weighted by atomic mass is 9.81. The molecule has 116 valence electrons. The van der Waals surface area contributed by atoms with Crippen LogP contribution in [0.15, 0.2) is 24.3 Å². The van der Waals surface area contributed by atoms with Crippen LogP contribution in [0.2, 0.25) is 0 Å². The fourth-order valence-corrected chi connectivity index (χ4v) is 2.94. The van der Waals surface area contributed by atoms with E-state index in [0.29, 0.717) is 17.0 Å². The van der Waals surface area contributed by atoms with Crippen molar-refractivity contribution in [3.05, 3.63) is 35.4 Å². The number of amides is 1. The molecule has 1 aromatic rings. The van der Waals surface area contributed by atoms with E-state index in [0.717, 1.165) is 12.0 Å². The molecule has 0 aromatic heterocycles. The Morgan fingerprint density at radius 2 is 1.86 bits per heavy atom. The second-order valence-corrected chi connectivity index (χ2v) is 7.94. The van der Waals surface area contributed by atoms with Gasteiger partial charge in [0.15, 0.2) is 0 Å². The third kappa shape index (κ3) is 6.71. The average Bonchev–Trinajstić information content (AvgIpc) is 2.24. The normalized spacial score (nSPS) is 12.0. The van der Waals surface area contributed by atoms with Crippen LogP contribution < -0.4 is 11.1 Å². The first kappa shape index (κ1) is 17.6. The van der Waals surface area contributed by atoms with Gasteiger partial charge in [0, 0.05) is 17.5 Å². The average molecular weight is 306 g/mol. The first-order valence-electron chi connectivity index (χ1n) is 7.18. The van der Waals surface area contributed by atoms with E-state index in [-0.39, 0.29) is 16.9 Å². The van der Waals surface area contributed by atoms with Crippen molar-refractivity contribution < 1.29 is 4.79 Å². The van der Waals surface area contributed by atoms with Crippen molar-refractivity contribution in [1.82, 2.24) is 5.32 Å². The second kappa shape index (κ2) is 6.56. The van der Waals surface area contributed by atoms with Crippen molar-refractivity contribution in [2.75, 3.05) is 0 Å². The predicted octanol–water partition coefficient (Wildman–Crippen LogP) is 3.46. The van der Waals surface area contributed by atoms with Crippen molar-refractivity contribution in [2.24, 2.45) is 11.1 Å². The highest BCUT2D eigenvalue weighted by Crippen LogP contribution is 2.27. The molecule has 0 atom stereocenters. The molecule has 0 heterocycles. The zero-order valence-corrected chi connectivity index (χ0v) is 14.4. The van der Waals surface area contributed by atoms with Crippen molar-refractivity contribution >= 4 is 23.1 Å². The summed E-state index contributed by atoms with van der Waals surface area (Å²) in [6, 6.07) is 7.45. The van der Waals surface area contributed by atoms with E-state index >= 15 is 0 Å². The van der Waals surface area contributed by atoms with Gasteiger partial charge in [0.05, 0.1) is 4.99 Å². The van der Waals surface area contributed by atoms with Crippen LogP contribution in [0.1, 0.15) is 57.0 Å². The van der Waals surface area contributed by atoms with Gasteiger partial charge < -0.3 is 11.1 Å². The number of rotatable bonds is 5. The Bertz CT molecular complexity index is 530. The van der Waals surface area contributed by atoms with Gasteiger partial charge in [0.1, 0.15) is 0 Å². The Morgan fingerprint density at radius 1 is 1.24 bits per heavy atom. The molecule has 0 unspecified atom stereocenters. The van der Waals surface area contributed by atoms with E-state index in [2.05, 4.69) is 39.9 Å². The molecule has 0 fully saturated rings. The molecule has 0 bridgehead atoms. The van der Waals surface area contributed by atoms with E-state index in [4.69, 9.17) is 18.0 Å². The van der Waals surface area contributed by atoms with Gasteiger partial charge in [-0.15, -0.1) is 0 Å². The summed E-state index contributed by atoms with van der Waals surface area (Å²) in [5.74, 6) is -0.0611. The van der Waals surface area contributed by atoms with Crippen molar-refractivity contribution in [1.29, 1.82) is 0 Å². The lowest BCUT2D eigenvalue weighted by molar-refractivity contribution is 0.0891. The van der Waals surface area contributed by atoms with Gasteiger partial charge in [-0.25, -0.2) is 0 Å². The van der Waals surface area contributed by atoms with Crippen LogP contribution in [0.5, 0.6) is 0 Å². The lowest BCUT2D eigenvalue weighted by Crippen LogP contribution is -2.45. The number of carbonyl (C=O) groups is 1. The van der Waals surface area contributed by atoms with Crippen LogP contribution in [0.25, 0.3) is 0 Å². The topological polar surface area (TPSA) is 55.1 Å². The smallest absolute Gasteiger partial charge is 0.251 e. The summed E-state index contributed by atoms with van der Waals surface area (Å²) >= 11 is 4.91. The predicted molar refractivity (Wildman–Crippen MR) is 92.5 cm³/mol. The molecular formula is C17H26N2OS. The highest BCUT2D eigenvalue weighted by Gasteiger charge is 2.27. The minimum Gasteiger partial charge on any atom is -0.393 e. The van der Waals surface area contributed by atoms with Crippen molar-refractivity contribution in [3.63, 3.8) is 0 Å². The van der Waals surface area contributed by atoms with Crippen LogP contribution in [-0.2, 0) is 6.42 Å². The second-order valence-electron chi connectivity index (χ2n) is 7.42. The quantitative estimate of drug-likeness (QED) is 0.819. The van der Waals surface area contributed by atoms with Gasteiger partial charge >= 0.3 is 0 Å². The zero-order chi connectivity index (χ0) is 16.3. The molecule has 3 nitrogen and oxygen atoms in total. The molecule has 0 radical (unpaired) electrons. The van der Waals surface area contributed by atoms with Crippen LogP contribution in [-0.4, -0.2) is 16.4 Å². The van der Waals surface area contributed by atoms with Gasteiger partial charge in [-0.2, -0.15) is 0 Å². The molecule has 0 saturated heterocycles. The Labute approximate surface area is 133 Å². The molecule has 3 N–H and O–H groups in total. The van der Waals surface area contributed by atoms with Gasteiger partial charge in [0.25, 0.3) is 5.91 Å². The number of benzene rings is 1. The standard InChI is InChI=1S/C17H26N2OS/c1-16(2,3)11-17(4,5)19-15(20)13-8-6-7-12(9-13)10-14(18)21/h6-9H,10-11H2,1-5H3,(H2,18,21)(H,19,20). The highest BCUT2D eigenvalue weighted by molar-refractivity contribution is 7.80. The summed E-state index contributed by atoms with van der Waals surface area (Å²) in [5, 5.41) is 3.11.